The second kappa shape index (κ2) is 8.54. The van der Waals surface area contributed by atoms with E-state index in [1.54, 1.807) is 0 Å². The highest BCUT2D eigenvalue weighted by Crippen LogP contribution is 2.17. The Morgan fingerprint density at radius 2 is 1.89 bits per heavy atom. The summed E-state index contributed by atoms with van der Waals surface area (Å²) in [5, 5.41) is 3.95. The molecule has 27 heavy (non-hydrogen) atoms. The number of esters is 1. The molecule has 3 aromatic rings. The number of aromatic nitrogens is 1. The van der Waals surface area contributed by atoms with Crippen molar-refractivity contribution in [3.8, 4) is 0 Å². The fourth-order valence-corrected chi connectivity index (χ4v) is 3.00. The summed E-state index contributed by atoms with van der Waals surface area (Å²) in [6, 6.07) is 13.9. The zero-order valence-corrected chi connectivity index (χ0v) is 15.7. The van der Waals surface area contributed by atoms with Crippen molar-refractivity contribution in [2.45, 2.75) is 26.7 Å². The minimum Gasteiger partial charge on any atom is -0.455 e. The van der Waals surface area contributed by atoms with Gasteiger partial charge in [-0.15, -0.1) is 0 Å². The normalized spacial score (nSPS) is 10.7. The number of hydrogen-bond acceptors (Lipinski definition) is 3. The Hall–Kier alpha value is -3.08. The molecule has 3 rings (SSSR count). The van der Waals surface area contributed by atoms with Gasteiger partial charge in [0.25, 0.3) is 5.91 Å². The lowest BCUT2D eigenvalue weighted by Crippen LogP contribution is -2.30. The molecule has 0 atom stereocenters. The molecule has 2 aromatic carbocycles. The van der Waals surface area contributed by atoms with E-state index in [0.717, 1.165) is 27.6 Å². The quantitative estimate of drug-likeness (QED) is 0.632. The summed E-state index contributed by atoms with van der Waals surface area (Å²) < 4.78 is 5.08. The number of hydrogen-bond donors (Lipinski definition) is 2. The molecule has 0 saturated carbocycles. The number of aryl methyl sites for hydroxylation is 2. The number of carbonyl (C=O) groups is 2. The molecule has 1 aromatic heterocycles. The zero-order chi connectivity index (χ0) is 19.2. The molecular weight excluding hydrogens is 340 g/mol. The first-order valence-corrected chi connectivity index (χ1v) is 9.06. The minimum absolute atomic E-state index is 0.170. The maximum Gasteiger partial charge on any atom is 0.310 e. The van der Waals surface area contributed by atoms with E-state index >= 15 is 0 Å². The topological polar surface area (TPSA) is 71.2 Å². The molecule has 0 fully saturated rings. The van der Waals surface area contributed by atoms with Crippen LogP contribution in [0.3, 0.4) is 0 Å². The lowest BCUT2D eigenvalue weighted by atomic mass is 10.0. The van der Waals surface area contributed by atoms with Crippen molar-refractivity contribution in [2.24, 2.45) is 0 Å². The number of ether oxygens (including phenoxy) is 1. The van der Waals surface area contributed by atoms with Crippen LogP contribution in [0.25, 0.3) is 10.9 Å². The highest BCUT2D eigenvalue weighted by Gasteiger charge is 2.09. The van der Waals surface area contributed by atoms with E-state index in [4.69, 9.17) is 4.74 Å². The largest absolute Gasteiger partial charge is 0.455 e. The van der Waals surface area contributed by atoms with Gasteiger partial charge in [0, 0.05) is 23.6 Å². The summed E-state index contributed by atoms with van der Waals surface area (Å²) in [7, 11) is 0. The van der Waals surface area contributed by atoms with Gasteiger partial charge in [-0.3, -0.25) is 9.59 Å². The molecule has 5 heteroatoms. The van der Waals surface area contributed by atoms with E-state index in [-0.39, 0.29) is 18.9 Å². The Labute approximate surface area is 158 Å². The Kier molecular flexibility index (Phi) is 5.91. The van der Waals surface area contributed by atoms with Gasteiger partial charge in [-0.25, -0.2) is 0 Å². The molecule has 2 N–H and O–H groups in total. The van der Waals surface area contributed by atoms with Crippen LogP contribution in [0.4, 0.5) is 0 Å². The summed E-state index contributed by atoms with van der Waals surface area (Å²) >= 11 is 0. The lowest BCUT2D eigenvalue weighted by Gasteiger charge is -2.08. The standard InChI is InChI=1S/C22H24N2O3/c1-15-7-8-17(11-16(15)2)12-22(26)27-14-21(25)23-10-9-18-13-24-20-6-4-3-5-19(18)20/h3-8,11,13,24H,9-10,12,14H2,1-2H3,(H,23,25). The predicted molar refractivity (Wildman–Crippen MR) is 106 cm³/mol. The number of rotatable bonds is 7. The molecule has 1 heterocycles. The zero-order valence-electron chi connectivity index (χ0n) is 15.7. The highest BCUT2D eigenvalue weighted by atomic mass is 16.5. The Morgan fingerprint density at radius 1 is 1.07 bits per heavy atom. The Morgan fingerprint density at radius 3 is 2.70 bits per heavy atom. The van der Waals surface area contributed by atoms with Crippen molar-refractivity contribution in [2.75, 3.05) is 13.2 Å². The van der Waals surface area contributed by atoms with Crippen LogP contribution in [-0.4, -0.2) is 30.0 Å². The third-order valence-corrected chi connectivity index (χ3v) is 4.68. The fraction of sp³-hybridized carbons (Fsp3) is 0.273. The van der Waals surface area contributed by atoms with Gasteiger partial charge in [0.1, 0.15) is 0 Å². The monoisotopic (exact) mass is 364 g/mol. The van der Waals surface area contributed by atoms with E-state index in [9.17, 15) is 9.59 Å². The van der Waals surface area contributed by atoms with E-state index in [1.807, 2.05) is 56.4 Å². The summed E-state index contributed by atoms with van der Waals surface area (Å²) in [5.41, 5.74) is 5.44. The van der Waals surface area contributed by atoms with Crippen molar-refractivity contribution in [1.29, 1.82) is 0 Å². The second-order valence-electron chi connectivity index (χ2n) is 6.72. The van der Waals surface area contributed by atoms with E-state index in [1.165, 1.54) is 5.56 Å². The molecule has 0 aliphatic carbocycles. The first kappa shape index (κ1) is 18.7. The van der Waals surface area contributed by atoms with Gasteiger partial charge in [-0.2, -0.15) is 0 Å². The first-order valence-electron chi connectivity index (χ1n) is 9.06. The van der Waals surface area contributed by atoms with Gasteiger partial charge in [0.2, 0.25) is 0 Å². The van der Waals surface area contributed by atoms with Crippen LogP contribution in [0, 0.1) is 13.8 Å². The van der Waals surface area contributed by atoms with Gasteiger partial charge in [-0.1, -0.05) is 36.4 Å². The average molecular weight is 364 g/mol. The van der Waals surface area contributed by atoms with E-state index in [0.29, 0.717) is 13.0 Å². The Balaban J connectivity index is 1.40. The van der Waals surface area contributed by atoms with Gasteiger partial charge in [-0.05, 0) is 48.6 Å². The van der Waals surface area contributed by atoms with Crippen LogP contribution < -0.4 is 5.32 Å². The molecule has 0 bridgehead atoms. The summed E-state index contributed by atoms with van der Waals surface area (Å²) in [6.45, 7) is 4.27. The number of carbonyl (C=O) groups excluding carboxylic acids is 2. The first-order chi connectivity index (χ1) is 13.0. The van der Waals surface area contributed by atoms with Crippen molar-refractivity contribution >= 4 is 22.8 Å². The number of aromatic amines is 1. The van der Waals surface area contributed by atoms with E-state index in [2.05, 4.69) is 16.4 Å². The molecule has 0 aliphatic rings. The summed E-state index contributed by atoms with van der Waals surface area (Å²) in [6.07, 6.45) is 2.84. The van der Waals surface area contributed by atoms with Crippen LogP contribution in [-0.2, 0) is 27.2 Å². The van der Waals surface area contributed by atoms with Crippen molar-refractivity contribution in [3.63, 3.8) is 0 Å². The minimum atomic E-state index is -0.398. The van der Waals surface area contributed by atoms with Gasteiger partial charge >= 0.3 is 5.97 Å². The number of fused-ring (bicyclic) bond motifs is 1. The van der Waals surface area contributed by atoms with Crippen molar-refractivity contribution in [1.82, 2.24) is 10.3 Å². The van der Waals surface area contributed by atoms with Crippen LogP contribution in [0.2, 0.25) is 0 Å². The number of para-hydroxylation sites is 1. The van der Waals surface area contributed by atoms with Gasteiger partial charge < -0.3 is 15.0 Å². The number of nitrogens with one attached hydrogen (secondary N) is 2. The third kappa shape index (κ3) is 4.97. The van der Waals surface area contributed by atoms with Crippen molar-refractivity contribution < 1.29 is 14.3 Å². The van der Waals surface area contributed by atoms with Crippen LogP contribution in [0.5, 0.6) is 0 Å². The molecule has 0 radical (unpaired) electrons. The molecule has 0 saturated heterocycles. The van der Waals surface area contributed by atoms with Gasteiger partial charge in [0.15, 0.2) is 6.61 Å². The molecule has 0 aliphatic heterocycles. The van der Waals surface area contributed by atoms with E-state index < -0.39 is 5.97 Å². The van der Waals surface area contributed by atoms with Crippen LogP contribution >= 0.6 is 0 Å². The maximum absolute atomic E-state index is 11.9. The summed E-state index contributed by atoms with van der Waals surface area (Å²) in [4.78, 5) is 27.0. The SMILES string of the molecule is Cc1ccc(CC(=O)OCC(=O)NCCc2c[nH]c3ccccc23)cc1C. The fourth-order valence-electron chi connectivity index (χ4n) is 3.00. The highest BCUT2D eigenvalue weighted by molar-refractivity contribution is 5.83. The number of benzene rings is 2. The van der Waals surface area contributed by atoms with Crippen LogP contribution in [0.1, 0.15) is 22.3 Å². The van der Waals surface area contributed by atoms with Crippen LogP contribution in [0.15, 0.2) is 48.7 Å². The molecule has 0 spiro atoms. The molecule has 0 unspecified atom stereocenters. The maximum atomic E-state index is 11.9. The van der Waals surface area contributed by atoms with Crippen molar-refractivity contribution in [3.05, 3.63) is 70.9 Å². The molecular formula is C22H24N2O3. The predicted octanol–water partition coefficient (Wildman–Crippen LogP) is 3.23. The third-order valence-electron chi connectivity index (χ3n) is 4.68. The lowest BCUT2D eigenvalue weighted by molar-refractivity contribution is -0.147. The smallest absolute Gasteiger partial charge is 0.310 e. The summed E-state index contributed by atoms with van der Waals surface area (Å²) in [5.74, 6) is -0.687. The average Bonchev–Trinajstić information content (AvgIpc) is 3.06. The Bertz CT molecular complexity index is 959. The molecule has 140 valence electrons. The van der Waals surface area contributed by atoms with Gasteiger partial charge in [0.05, 0.1) is 6.42 Å². The molecule has 1 amide bonds. The second-order valence-corrected chi connectivity index (χ2v) is 6.72. The molecule has 5 nitrogen and oxygen atoms in total. The number of amides is 1. The number of H-pyrrole nitrogens is 1.